The van der Waals surface area contributed by atoms with Gasteiger partial charge in [-0.15, -0.1) is 0 Å². The quantitative estimate of drug-likeness (QED) is 0.373. The van der Waals surface area contributed by atoms with Gasteiger partial charge in [-0.2, -0.15) is 18.3 Å². The monoisotopic (exact) mass is 489 g/mol. The number of anilines is 1. The fourth-order valence-electron chi connectivity index (χ4n) is 4.67. The first-order valence-electron chi connectivity index (χ1n) is 11.2. The molecule has 0 saturated heterocycles. The molecule has 2 atom stereocenters. The van der Waals surface area contributed by atoms with Crippen molar-refractivity contribution in [3.8, 4) is 11.3 Å². The summed E-state index contributed by atoms with van der Waals surface area (Å²) in [5.74, 6) is -1.27. The van der Waals surface area contributed by atoms with E-state index in [2.05, 4.69) is 25.8 Å². The van der Waals surface area contributed by atoms with E-state index in [-0.39, 0.29) is 11.8 Å². The van der Waals surface area contributed by atoms with E-state index < -0.39 is 23.7 Å². The second kappa shape index (κ2) is 8.04. The second-order valence-electron chi connectivity index (χ2n) is 8.84. The van der Waals surface area contributed by atoms with Crippen LogP contribution in [-0.2, 0) is 11.0 Å². The molecule has 2 aromatic heterocycles. The lowest BCUT2D eigenvalue weighted by atomic mass is 10.0. The number of amides is 2. The molecular formula is C26H18F3N5O2. The minimum absolute atomic E-state index is 0.205. The maximum Gasteiger partial charge on any atom is 0.433 e. The molecule has 36 heavy (non-hydrogen) atoms. The Hall–Kier alpha value is -4.47. The fraction of sp³-hybridized carbons (Fsp3) is 0.154. The van der Waals surface area contributed by atoms with Crippen LogP contribution in [0.5, 0.6) is 0 Å². The van der Waals surface area contributed by atoms with E-state index >= 15 is 0 Å². The van der Waals surface area contributed by atoms with Crippen molar-refractivity contribution in [2.24, 2.45) is 11.0 Å². The van der Waals surface area contributed by atoms with Crippen LogP contribution >= 0.6 is 0 Å². The minimum atomic E-state index is -4.51. The maximum absolute atomic E-state index is 12.9. The van der Waals surface area contributed by atoms with Crippen LogP contribution in [0, 0.1) is 5.92 Å². The van der Waals surface area contributed by atoms with Gasteiger partial charge in [-0.05, 0) is 41.7 Å². The number of nitrogens with zero attached hydrogens (tertiary/aromatic N) is 2. The Kier molecular flexibility index (Phi) is 4.92. The zero-order chi connectivity index (χ0) is 25.0. The van der Waals surface area contributed by atoms with Gasteiger partial charge in [0.15, 0.2) is 0 Å². The molecule has 2 aromatic carbocycles. The number of benzene rings is 2. The lowest BCUT2D eigenvalue weighted by Gasteiger charge is -2.09. The number of pyridine rings is 1. The topological polar surface area (TPSA) is 99.2 Å². The molecule has 7 nitrogen and oxygen atoms in total. The maximum atomic E-state index is 12.9. The van der Waals surface area contributed by atoms with E-state index in [1.807, 2.05) is 30.3 Å². The SMILES string of the molecule is O=C1NN=Cc2c(-c3ccccc3)[nH]c3cc(NC(=O)C4CC4c4ccc(C(F)(F)F)nc4)cc1c23. The summed E-state index contributed by atoms with van der Waals surface area (Å²) in [5.41, 5.74) is 6.07. The Morgan fingerprint density at radius 2 is 1.89 bits per heavy atom. The number of rotatable bonds is 4. The molecular weight excluding hydrogens is 471 g/mol. The van der Waals surface area contributed by atoms with Gasteiger partial charge in [0.05, 0.1) is 17.5 Å². The third-order valence-electron chi connectivity index (χ3n) is 6.50. The predicted octanol–water partition coefficient (Wildman–Crippen LogP) is 5.07. The Morgan fingerprint density at radius 1 is 1.08 bits per heavy atom. The molecule has 0 bridgehead atoms. The van der Waals surface area contributed by atoms with Crippen LogP contribution in [0.25, 0.3) is 22.2 Å². The van der Waals surface area contributed by atoms with Crippen LogP contribution in [0.3, 0.4) is 0 Å². The number of alkyl halides is 3. The van der Waals surface area contributed by atoms with Crippen molar-refractivity contribution < 1.29 is 22.8 Å². The normalized spacial score (nSPS) is 18.6. The number of H-pyrrole nitrogens is 1. The van der Waals surface area contributed by atoms with Crippen molar-refractivity contribution in [1.82, 2.24) is 15.4 Å². The van der Waals surface area contributed by atoms with Crippen LogP contribution in [0.1, 0.15) is 39.5 Å². The van der Waals surface area contributed by atoms with Gasteiger partial charge in [0.2, 0.25) is 5.91 Å². The third-order valence-corrected chi connectivity index (χ3v) is 6.50. The lowest BCUT2D eigenvalue weighted by Crippen LogP contribution is -2.18. The molecule has 4 aromatic rings. The van der Waals surface area contributed by atoms with Gasteiger partial charge in [0.1, 0.15) is 5.69 Å². The number of aromatic amines is 1. The molecule has 2 unspecified atom stereocenters. The summed E-state index contributed by atoms with van der Waals surface area (Å²) in [5, 5.41) is 7.59. The highest BCUT2D eigenvalue weighted by Crippen LogP contribution is 2.48. The van der Waals surface area contributed by atoms with Gasteiger partial charge in [0.25, 0.3) is 5.91 Å². The summed E-state index contributed by atoms with van der Waals surface area (Å²) in [7, 11) is 0. The van der Waals surface area contributed by atoms with E-state index in [1.54, 1.807) is 18.3 Å². The molecule has 3 N–H and O–H groups in total. The van der Waals surface area contributed by atoms with E-state index in [0.29, 0.717) is 34.1 Å². The largest absolute Gasteiger partial charge is 0.433 e. The smallest absolute Gasteiger partial charge is 0.354 e. The Labute approximate surface area is 202 Å². The molecule has 10 heteroatoms. The summed E-state index contributed by atoms with van der Waals surface area (Å²) < 4.78 is 38.3. The number of aromatic nitrogens is 2. The first-order valence-corrected chi connectivity index (χ1v) is 11.2. The van der Waals surface area contributed by atoms with Crippen molar-refractivity contribution in [2.45, 2.75) is 18.5 Å². The Morgan fingerprint density at radius 3 is 2.61 bits per heavy atom. The van der Waals surface area contributed by atoms with Gasteiger partial charge in [0, 0.05) is 34.3 Å². The third kappa shape index (κ3) is 3.80. The van der Waals surface area contributed by atoms with Crippen molar-refractivity contribution >= 4 is 34.6 Å². The number of nitrogens with one attached hydrogen (secondary N) is 3. The zero-order valence-corrected chi connectivity index (χ0v) is 18.6. The summed E-state index contributed by atoms with van der Waals surface area (Å²) in [4.78, 5) is 32.5. The molecule has 1 aliphatic carbocycles. The van der Waals surface area contributed by atoms with Crippen molar-refractivity contribution in [3.63, 3.8) is 0 Å². The van der Waals surface area contributed by atoms with Gasteiger partial charge >= 0.3 is 6.18 Å². The fourth-order valence-corrected chi connectivity index (χ4v) is 4.67. The van der Waals surface area contributed by atoms with Gasteiger partial charge in [-0.1, -0.05) is 36.4 Å². The number of carbonyl (C=O) groups excluding carboxylic acids is 2. The summed E-state index contributed by atoms with van der Waals surface area (Å²) in [6.07, 6.45) is -1.23. The van der Waals surface area contributed by atoms with Crippen LogP contribution < -0.4 is 10.7 Å². The van der Waals surface area contributed by atoms with Crippen LogP contribution in [0.15, 0.2) is 65.9 Å². The molecule has 180 valence electrons. The van der Waals surface area contributed by atoms with Gasteiger partial charge in [-0.25, -0.2) is 5.43 Å². The van der Waals surface area contributed by atoms with E-state index in [4.69, 9.17) is 0 Å². The number of carbonyl (C=O) groups is 2. The number of hydrogen-bond acceptors (Lipinski definition) is 4. The van der Waals surface area contributed by atoms with Crippen molar-refractivity contribution in [2.75, 3.05) is 5.32 Å². The molecule has 1 aliphatic heterocycles. The molecule has 3 heterocycles. The summed E-state index contributed by atoms with van der Waals surface area (Å²) in [6, 6.07) is 15.3. The highest BCUT2D eigenvalue weighted by atomic mass is 19.4. The number of halogens is 3. The molecule has 1 fully saturated rings. The van der Waals surface area contributed by atoms with E-state index in [9.17, 15) is 22.8 Å². The van der Waals surface area contributed by atoms with Crippen LogP contribution in [0.4, 0.5) is 18.9 Å². The van der Waals surface area contributed by atoms with Crippen LogP contribution in [-0.4, -0.2) is 28.0 Å². The second-order valence-corrected chi connectivity index (χ2v) is 8.84. The molecule has 2 amide bonds. The molecule has 1 saturated carbocycles. The summed E-state index contributed by atoms with van der Waals surface area (Å²) in [6.45, 7) is 0. The van der Waals surface area contributed by atoms with Gasteiger partial charge < -0.3 is 10.3 Å². The molecule has 2 aliphatic rings. The predicted molar refractivity (Wildman–Crippen MR) is 128 cm³/mol. The Bertz CT molecular complexity index is 1540. The van der Waals surface area contributed by atoms with E-state index in [1.165, 1.54) is 12.3 Å². The number of hydrogen-bond donors (Lipinski definition) is 3. The van der Waals surface area contributed by atoms with E-state index in [0.717, 1.165) is 22.9 Å². The molecule has 0 spiro atoms. The number of hydrazone groups is 1. The first kappa shape index (κ1) is 22.0. The summed E-state index contributed by atoms with van der Waals surface area (Å²) >= 11 is 0. The highest BCUT2D eigenvalue weighted by Gasteiger charge is 2.44. The average Bonchev–Trinajstić information content (AvgIpc) is 3.61. The van der Waals surface area contributed by atoms with Crippen molar-refractivity contribution in [3.05, 3.63) is 83.2 Å². The minimum Gasteiger partial charge on any atom is -0.354 e. The molecule has 0 radical (unpaired) electrons. The lowest BCUT2D eigenvalue weighted by molar-refractivity contribution is -0.141. The first-order chi connectivity index (χ1) is 17.3. The highest BCUT2D eigenvalue weighted by molar-refractivity contribution is 6.18. The van der Waals surface area contributed by atoms with Gasteiger partial charge in [-0.3, -0.25) is 14.6 Å². The Balaban J connectivity index is 1.28. The average molecular weight is 489 g/mol. The van der Waals surface area contributed by atoms with Crippen molar-refractivity contribution in [1.29, 1.82) is 0 Å². The zero-order valence-electron chi connectivity index (χ0n) is 18.6. The standard InChI is InChI=1S/C26H18F3N5O2/c27-26(28,29)21-7-6-14(11-30-21)16-10-17(16)24(35)32-15-8-18-22-19(12-31-34-25(18)36)23(33-20(22)9-15)13-4-2-1-3-5-13/h1-9,11-12,16-17,33H,10H2,(H,32,35)(H,34,36). The molecule has 6 rings (SSSR count). The van der Waals surface area contributed by atoms with Crippen LogP contribution in [0.2, 0.25) is 0 Å².